The van der Waals surface area contributed by atoms with E-state index in [1.165, 1.54) is 11.0 Å². The van der Waals surface area contributed by atoms with Gasteiger partial charge >= 0.3 is 18.4 Å². The standard InChI is InChI=1S/C23H24F4N4O4/c24-22(25)18-13-17(7-8-19(18)34-23(26,27)35-22)29-21(33)31-10-4-9-30(11-12-31)15-20(32)28-14-16-5-2-1-3-6-16/h1-3,5-8,13H,4,9-12,14-15H2,(H,28,32)(H,29,33). The number of halogens is 4. The number of nitrogens with zero attached hydrogens (tertiary/aromatic N) is 2. The van der Waals surface area contributed by atoms with Crippen LogP contribution in [0.25, 0.3) is 0 Å². The summed E-state index contributed by atoms with van der Waals surface area (Å²) in [4.78, 5) is 28.4. The van der Waals surface area contributed by atoms with E-state index in [0.29, 0.717) is 39.1 Å². The minimum absolute atomic E-state index is 0.0211. The second-order valence-electron chi connectivity index (χ2n) is 8.20. The van der Waals surface area contributed by atoms with E-state index >= 15 is 0 Å². The molecular weight excluding hydrogens is 472 g/mol. The van der Waals surface area contributed by atoms with Crippen LogP contribution < -0.4 is 15.4 Å². The molecule has 0 radical (unpaired) electrons. The molecule has 2 aromatic carbocycles. The number of anilines is 1. The summed E-state index contributed by atoms with van der Waals surface area (Å²) in [7, 11) is 0. The average molecular weight is 496 g/mol. The third kappa shape index (κ3) is 6.40. The van der Waals surface area contributed by atoms with Crippen molar-refractivity contribution in [3.05, 3.63) is 59.7 Å². The molecule has 188 valence electrons. The molecule has 4 rings (SSSR count). The van der Waals surface area contributed by atoms with Gasteiger partial charge in [0.25, 0.3) is 0 Å². The minimum atomic E-state index is -4.46. The Hall–Kier alpha value is -3.38. The zero-order chi connectivity index (χ0) is 25.1. The van der Waals surface area contributed by atoms with E-state index in [-0.39, 0.29) is 18.1 Å². The van der Waals surface area contributed by atoms with Crippen molar-refractivity contribution in [3.63, 3.8) is 0 Å². The predicted octanol–water partition coefficient (Wildman–Crippen LogP) is 3.55. The molecule has 0 unspecified atom stereocenters. The number of fused-ring (bicyclic) bond motifs is 1. The molecule has 0 aliphatic carbocycles. The highest BCUT2D eigenvalue weighted by Crippen LogP contribution is 2.46. The number of rotatable bonds is 5. The lowest BCUT2D eigenvalue weighted by Crippen LogP contribution is -2.41. The Kier molecular flexibility index (Phi) is 7.13. The number of hydrogen-bond acceptors (Lipinski definition) is 5. The molecule has 2 aliphatic heterocycles. The number of urea groups is 1. The number of ether oxygens (including phenoxy) is 2. The molecule has 12 heteroatoms. The maximum Gasteiger partial charge on any atom is 0.540 e. The van der Waals surface area contributed by atoms with Crippen molar-refractivity contribution in [1.82, 2.24) is 15.1 Å². The van der Waals surface area contributed by atoms with E-state index in [1.54, 1.807) is 0 Å². The first-order valence-corrected chi connectivity index (χ1v) is 11.0. The fraction of sp³-hybridized carbons (Fsp3) is 0.391. The van der Waals surface area contributed by atoms with Crippen LogP contribution >= 0.6 is 0 Å². The van der Waals surface area contributed by atoms with Crippen molar-refractivity contribution in [1.29, 1.82) is 0 Å². The highest BCUT2D eigenvalue weighted by Gasteiger charge is 2.54. The molecule has 8 nitrogen and oxygen atoms in total. The third-order valence-electron chi connectivity index (χ3n) is 5.60. The molecule has 0 saturated carbocycles. The van der Waals surface area contributed by atoms with Crippen molar-refractivity contribution < 1.29 is 36.6 Å². The summed E-state index contributed by atoms with van der Waals surface area (Å²) >= 11 is 0. The normalized spacial score (nSPS) is 19.1. The number of carbonyl (C=O) groups excluding carboxylic acids is 2. The van der Waals surface area contributed by atoms with Crippen LogP contribution in [0.1, 0.15) is 17.5 Å². The van der Waals surface area contributed by atoms with E-state index in [9.17, 15) is 27.2 Å². The number of carbonyl (C=O) groups is 2. The van der Waals surface area contributed by atoms with Gasteiger partial charge in [0.05, 0.1) is 12.1 Å². The molecule has 2 aliphatic rings. The second-order valence-corrected chi connectivity index (χ2v) is 8.20. The Bertz CT molecular complexity index is 1070. The quantitative estimate of drug-likeness (QED) is 0.619. The summed E-state index contributed by atoms with van der Waals surface area (Å²) < 4.78 is 61.8. The molecular formula is C23H24F4N4O4. The molecule has 1 saturated heterocycles. The maximum absolute atomic E-state index is 14.0. The molecule has 3 amide bonds. The van der Waals surface area contributed by atoms with Crippen molar-refractivity contribution >= 4 is 17.6 Å². The summed E-state index contributed by atoms with van der Waals surface area (Å²) in [6.07, 6.45) is -8.14. The van der Waals surface area contributed by atoms with Gasteiger partial charge in [-0.1, -0.05) is 30.3 Å². The van der Waals surface area contributed by atoms with E-state index < -0.39 is 29.7 Å². The SMILES string of the molecule is O=C(CN1CCCN(C(=O)Nc2ccc3c(c2)C(F)(F)OC(F)(F)O3)CC1)NCc1ccccc1. The Morgan fingerprint density at radius 2 is 1.74 bits per heavy atom. The molecule has 0 spiro atoms. The molecule has 35 heavy (non-hydrogen) atoms. The lowest BCUT2D eigenvalue weighted by atomic mass is 10.1. The van der Waals surface area contributed by atoms with Gasteiger partial charge < -0.3 is 20.3 Å². The van der Waals surface area contributed by atoms with Crippen LogP contribution in [0.2, 0.25) is 0 Å². The average Bonchev–Trinajstić information content (AvgIpc) is 3.03. The lowest BCUT2D eigenvalue weighted by molar-refractivity contribution is -0.461. The fourth-order valence-electron chi connectivity index (χ4n) is 3.87. The zero-order valence-electron chi connectivity index (χ0n) is 18.6. The number of amides is 3. The highest BCUT2D eigenvalue weighted by atomic mass is 19.3. The van der Waals surface area contributed by atoms with E-state index in [0.717, 1.165) is 17.7 Å². The summed E-state index contributed by atoms with van der Waals surface area (Å²) in [5, 5.41) is 5.37. The van der Waals surface area contributed by atoms with Crippen LogP contribution in [-0.2, 0) is 22.2 Å². The van der Waals surface area contributed by atoms with E-state index in [4.69, 9.17) is 0 Å². The first kappa shape index (κ1) is 24.7. The monoisotopic (exact) mass is 496 g/mol. The number of benzene rings is 2. The minimum Gasteiger partial charge on any atom is -0.409 e. The third-order valence-corrected chi connectivity index (χ3v) is 5.60. The van der Waals surface area contributed by atoms with Crippen LogP contribution in [0.3, 0.4) is 0 Å². The van der Waals surface area contributed by atoms with Gasteiger partial charge in [0.15, 0.2) is 0 Å². The zero-order valence-corrected chi connectivity index (χ0v) is 18.6. The van der Waals surface area contributed by atoms with Gasteiger partial charge in [-0.15, -0.1) is 8.78 Å². The topological polar surface area (TPSA) is 83.1 Å². The molecule has 0 atom stereocenters. The van der Waals surface area contributed by atoms with Gasteiger partial charge in [0, 0.05) is 38.4 Å². The molecule has 2 aromatic rings. The van der Waals surface area contributed by atoms with Crippen LogP contribution in [0.5, 0.6) is 5.75 Å². The number of nitrogens with one attached hydrogen (secondary N) is 2. The summed E-state index contributed by atoms with van der Waals surface area (Å²) in [6, 6.07) is 11.9. The van der Waals surface area contributed by atoms with Crippen molar-refractivity contribution in [2.24, 2.45) is 0 Å². The smallest absolute Gasteiger partial charge is 0.409 e. The Labute approximate surface area is 198 Å². The van der Waals surface area contributed by atoms with Gasteiger partial charge in [-0.05, 0) is 30.2 Å². The molecule has 1 fully saturated rings. The van der Waals surface area contributed by atoms with Gasteiger partial charge in [-0.25, -0.2) is 9.53 Å². The Balaban J connectivity index is 1.29. The van der Waals surface area contributed by atoms with Gasteiger partial charge in [0.2, 0.25) is 5.91 Å². The van der Waals surface area contributed by atoms with E-state index in [1.807, 2.05) is 35.2 Å². The first-order chi connectivity index (χ1) is 16.6. The summed E-state index contributed by atoms with van der Waals surface area (Å²) in [5.41, 5.74) is 0.0587. The molecule has 0 bridgehead atoms. The largest absolute Gasteiger partial charge is 0.540 e. The van der Waals surface area contributed by atoms with Gasteiger partial charge in [-0.3, -0.25) is 9.69 Å². The Morgan fingerprint density at radius 1 is 0.971 bits per heavy atom. The van der Waals surface area contributed by atoms with Crippen molar-refractivity contribution in [2.45, 2.75) is 25.4 Å². The van der Waals surface area contributed by atoms with Gasteiger partial charge in [-0.2, -0.15) is 8.78 Å². The molecule has 2 N–H and O–H groups in total. The number of hydrogen-bond donors (Lipinski definition) is 2. The van der Waals surface area contributed by atoms with Crippen LogP contribution in [0, 0.1) is 0 Å². The van der Waals surface area contributed by atoms with Crippen LogP contribution in [0.15, 0.2) is 48.5 Å². The second kappa shape index (κ2) is 10.1. The molecule has 0 aromatic heterocycles. The predicted molar refractivity (Wildman–Crippen MR) is 117 cm³/mol. The molecule has 2 heterocycles. The van der Waals surface area contributed by atoms with Crippen LogP contribution in [0.4, 0.5) is 28.0 Å². The summed E-state index contributed by atoms with van der Waals surface area (Å²) in [6.45, 7) is 2.38. The fourth-order valence-corrected chi connectivity index (χ4v) is 3.87. The maximum atomic E-state index is 14.0. The van der Waals surface area contributed by atoms with Crippen molar-refractivity contribution in [2.75, 3.05) is 38.0 Å². The number of alkyl halides is 4. The van der Waals surface area contributed by atoms with E-state index in [2.05, 4.69) is 20.1 Å². The Morgan fingerprint density at radius 3 is 2.51 bits per heavy atom. The van der Waals surface area contributed by atoms with Crippen LogP contribution in [-0.4, -0.2) is 60.8 Å². The van der Waals surface area contributed by atoms with Gasteiger partial charge in [0.1, 0.15) is 5.75 Å². The first-order valence-electron chi connectivity index (χ1n) is 11.0. The van der Waals surface area contributed by atoms with Crippen molar-refractivity contribution in [3.8, 4) is 5.75 Å². The summed E-state index contributed by atoms with van der Waals surface area (Å²) in [5.74, 6) is -0.864. The highest BCUT2D eigenvalue weighted by molar-refractivity contribution is 5.89. The lowest BCUT2D eigenvalue weighted by Gasteiger charge is -2.30.